The Kier molecular flexibility index (Phi) is 6.98. The number of aromatic nitrogens is 2. The summed E-state index contributed by atoms with van der Waals surface area (Å²) in [6, 6.07) is 19.3. The lowest BCUT2D eigenvalue weighted by Gasteiger charge is -2.09. The molecular weight excluding hydrogens is 518 g/mol. The number of rotatable bonds is 9. The molecule has 4 aromatic rings. The molecule has 2 N–H and O–H groups in total. The molecule has 0 saturated heterocycles. The Hall–Kier alpha value is -2.98. The van der Waals surface area contributed by atoms with Crippen molar-refractivity contribution in [3.05, 3.63) is 93.8 Å². The monoisotopic (exact) mass is 541 g/mol. The number of nitrogens with zero attached hydrogens (tertiary/aromatic N) is 2. The molecule has 1 aliphatic rings. The highest BCUT2D eigenvalue weighted by Crippen LogP contribution is 2.37. The van der Waals surface area contributed by atoms with Gasteiger partial charge in [0.2, 0.25) is 5.91 Å². The summed E-state index contributed by atoms with van der Waals surface area (Å²) in [5.74, 6) is -0.653. The van der Waals surface area contributed by atoms with Crippen LogP contribution in [-0.4, -0.2) is 29.0 Å². The molecule has 1 amide bonds. The van der Waals surface area contributed by atoms with E-state index in [0.717, 1.165) is 34.4 Å². The maximum atomic E-state index is 13.2. The van der Waals surface area contributed by atoms with Gasteiger partial charge in [-0.05, 0) is 35.6 Å². The zero-order chi connectivity index (χ0) is 25.3. The summed E-state index contributed by atoms with van der Waals surface area (Å²) in [6.07, 6.45) is 3.61. The van der Waals surface area contributed by atoms with Crippen LogP contribution in [0.3, 0.4) is 0 Å². The van der Waals surface area contributed by atoms with Gasteiger partial charge in [0, 0.05) is 29.3 Å². The van der Waals surface area contributed by atoms with E-state index in [1.807, 2.05) is 60.7 Å². The van der Waals surface area contributed by atoms with Gasteiger partial charge in [-0.3, -0.25) is 4.79 Å². The minimum atomic E-state index is -4.02. The second-order valence-electron chi connectivity index (χ2n) is 8.79. The molecule has 186 valence electrons. The van der Waals surface area contributed by atoms with Crippen LogP contribution < -0.4 is 4.72 Å². The average molecular weight is 542 g/mol. The van der Waals surface area contributed by atoms with Crippen LogP contribution in [0.15, 0.2) is 71.2 Å². The zero-order valence-corrected chi connectivity index (χ0v) is 21.6. The number of carbonyl (C=O) groups is 1. The summed E-state index contributed by atoms with van der Waals surface area (Å²) in [5.41, 5.74) is 3.85. The summed E-state index contributed by atoms with van der Waals surface area (Å²) < 4.78 is 30.7. The highest BCUT2D eigenvalue weighted by Gasteiger charge is 2.34. The second kappa shape index (κ2) is 10.2. The molecule has 0 radical (unpaired) electrons. The normalized spacial score (nSPS) is 13.6. The van der Waals surface area contributed by atoms with Crippen LogP contribution in [0.2, 0.25) is 5.15 Å². The first-order chi connectivity index (χ1) is 17.3. The van der Waals surface area contributed by atoms with Crippen LogP contribution in [0.1, 0.15) is 34.5 Å². The van der Waals surface area contributed by atoms with Crippen LogP contribution in [0.4, 0.5) is 0 Å². The molecule has 0 unspecified atom stereocenters. The Morgan fingerprint density at radius 2 is 1.83 bits per heavy atom. The van der Waals surface area contributed by atoms with Gasteiger partial charge in [0.1, 0.15) is 4.21 Å². The Morgan fingerprint density at radius 1 is 1.11 bits per heavy atom. The maximum absolute atomic E-state index is 13.2. The molecule has 0 atom stereocenters. The Morgan fingerprint density at radius 3 is 2.50 bits per heavy atom. The Balaban J connectivity index is 1.46. The van der Waals surface area contributed by atoms with Gasteiger partial charge in [0.15, 0.2) is 5.15 Å². The number of halogens is 1. The number of nitrogens with one attached hydrogen (secondary N) is 1. The Labute approximate surface area is 218 Å². The zero-order valence-electron chi connectivity index (χ0n) is 19.2. The quantitative estimate of drug-likeness (QED) is 0.322. The van der Waals surface area contributed by atoms with Crippen molar-refractivity contribution in [2.45, 2.75) is 36.6 Å². The van der Waals surface area contributed by atoms with E-state index < -0.39 is 15.9 Å². The van der Waals surface area contributed by atoms with Crippen molar-refractivity contribution in [3.8, 4) is 11.1 Å². The van der Waals surface area contributed by atoms with Gasteiger partial charge in [0.25, 0.3) is 10.0 Å². The lowest BCUT2D eigenvalue weighted by Crippen LogP contribution is -2.31. The highest BCUT2D eigenvalue weighted by molar-refractivity contribution is 7.92. The van der Waals surface area contributed by atoms with E-state index in [4.69, 9.17) is 11.6 Å². The van der Waals surface area contributed by atoms with Crippen molar-refractivity contribution in [2.75, 3.05) is 0 Å². The van der Waals surface area contributed by atoms with Crippen molar-refractivity contribution in [1.29, 1.82) is 0 Å². The van der Waals surface area contributed by atoms with E-state index in [-0.39, 0.29) is 21.9 Å². The lowest BCUT2D eigenvalue weighted by molar-refractivity contribution is -0.120. The number of thiophene rings is 1. The molecule has 2 heterocycles. The number of aliphatic hydroxyl groups excluding tert-OH is 1. The van der Waals surface area contributed by atoms with Crippen LogP contribution in [-0.2, 0) is 34.4 Å². The third-order valence-electron chi connectivity index (χ3n) is 6.06. The molecule has 7 nitrogen and oxygen atoms in total. The molecule has 1 aliphatic carbocycles. The van der Waals surface area contributed by atoms with Gasteiger partial charge in [0.05, 0.1) is 18.6 Å². The molecule has 0 aliphatic heterocycles. The van der Waals surface area contributed by atoms with Gasteiger partial charge in [-0.25, -0.2) is 18.1 Å². The lowest BCUT2D eigenvalue weighted by atomic mass is 10.0. The van der Waals surface area contributed by atoms with Crippen molar-refractivity contribution >= 4 is 38.9 Å². The van der Waals surface area contributed by atoms with Gasteiger partial charge in [-0.1, -0.05) is 66.2 Å². The predicted molar refractivity (Wildman–Crippen MR) is 139 cm³/mol. The average Bonchev–Trinajstić information content (AvgIpc) is 3.55. The molecule has 1 fully saturated rings. The minimum Gasteiger partial charge on any atom is -0.390 e. The fraction of sp³-hybridized carbons (Fsp3) is 0.231. The largest absolute Gasteiger partial charge is 0.390 e. The summed E-state index contributed by atoms with van der Waals surface area (Å²) in [7, 11) is -4.02. The molecule has 36 heavy (non-hydrogen) atoms. The first-order valence-corrected chi connectivity index (χ1v) is 14.1. The minimum absolute atomic E-state index is 0.138. The number of amides is 1. The maximum Gasteiger partial charge on any atom is 0.274 e. The summed E-state index contributed by atoms with van der Waals surface area (Å²) in [6.45, 7) is 0.241. The number of hydrogen-bond acceptors (Lipinski definition) is 6. The number of hydrogen-bond donors (Lipinski definition) is 2. The summed E-state index contributed by atoms with van der Waals surface area (Å²) >= 11 is 7.21. The number of sulfonamides is 1. The van der Waals surface area contributed by atoms with E-state index in [9.17, 15) is 18.3 Å². The van der Waals surface area contributed by atoms with E-state index in [1.54, 1.807) is 10.9 Å². The SMILES string of the molecule is O=C(NS(=O)(=O)c1sc(Cc2ccccc2)cc1-c1ccc(Cn2cnc(Cl)c2CO)cc1)C1CC1. The van der Waals surface area contributed by atoms with Crippen LogP contribution >= 0.6 is 22.9 Å². The van der Waals surface area contributed by atoms with E-state index in [0.29, 0.717) is 24.2 Å². The smallest absolute Gasteiger partial charge is 0.274 e. The number of carbonyl (C=O) groups excluding carboxylic acids is 1. The van der Waals surface area contributed by atoms with Gasteiger partial charge >= 0.3 is 0 Å². The fourth-order valence-corrected chi connectivity index (χ4v) is 7.01. The molecule has 5 rings (SSSR count). The van der Waals surface area contributed by atoms with Crippen LogP contribution in [0, 0.1) is 5.92 Å². The first-order valence-electron chi connectivity index (χ1n) is 11.5. The standard InChI is InChI=1S/C26H24ClN3O4S2/c27-24-23(15-31)30(16-28-24)14-18-6-8-19(9-7-18)22-13-21(12-17-4-2-1-3-5-17)35-26(22)36(33,34)29-25(32)20-10-11-20/h1-9,13,16,20,31H,10-12,14-15H2,(H,29,32). The van der Waals surface area contributed by atoms with Crippen LogP contribution in [0.25, 0.3) is 11.1 Å². The van der Waals surface area contributed by atoms with E-state index in [1.165, 1.54) is 11.3 Å². The third kappa shape index (κ3) is 5.39. The van der Waals surface area contributed by atoms with Crippen molar-refractivity contribution in [1.82, 2.24) is 14.3 Å². The molecule has 10 heteroatoms. The van der Waals surface area contributed by atoms with E-state index in [2.05, 4.69) is 9.71 Å². The third-order valence-corrected chi connectivity index (χ3v) is 9.39. The summed E-state index contributed by atoms with van der Waals surface area (Å²) in [4.78, 5) is 17.2. The second-order valence-corrected chi connectivity index (χ2v) is 12.2. The van der Waals surface area contributed by atoms with Gasteiger partial charge in [-0.2, -0.15) is 0 Å². The van der Waals surface area contributed by atoms with Crippen LogP contribution in [0.5, 0.6) is 0 Å². The molecule has 1 saturated carbocycles. The summed E-state index contributed by atoms with van der Waals surface area (Å²) in [5, 5.41) is 9.81. The number of aliphatic hydroxyl groups is 1. The molecule has 0 bridgehead atoms. The van der Waals surface area contributed by atoms with Crippen molar-refractivity contribution in [2.24, 2.45) is 5.92 Å². The number of imidazole rings is 1. The van der Waals surface area contributed by atoms with Crippen molar-refractivity contribution in [3.63, 3.8) is 0 Å². The topological polar surface area (TPSA) is 101 Å². The fourth-order valence-electron chi connectivity index (χ4n) is 3.98. The first kappa shape index (κ1) is 24.7. The predicted octanol–water partition coefficient (Wildman–Crippen LogP) is 4.61. The molecule has 2 aromatic heterocycles. The molecule has 0 spiro atoms. The molecular formula is C26H24ClN3O4S2. The van der Waals surface area contributed by atoms with E-state index >= 15 is 0 Å². The van der Waals surface area contributed by atoms with Gasteiger partial charge < -0.3 is 9.67 Å². The molecule has 2 aromatic carbocycles. The number of benzene rings is 2. The highest BCUT2D eigenvalue weighted by atomic mass is 35.5. The Bertz CT molecular complexity index is 1490. The van der Waals surface area contributed by atoms with Gasteiger partial charge in [-0.15, -0.1) is 11.3 Å². The van der Waals surface area contributed by atoms with Crippen molar-refractivity contribution < 1.29 is 18.3 Å².